The first-order chi connectivity index (χ1) is 9.61. The van der Waals surface area contributed by atoms with Gasteiger partial charge in [0.05, 0.1) is 25.6 Å². The van der Waals surface area contributed by atoms with Crippen molar-refractivity contribution in [1.82, 2.24) is 0 Å². The normalized spacial score (nSPS) is 13.8. The second-order valence-electron chi connectivity index (χ2n) is 5.49. The Kier molecular flexibility index (Phi) is 7.71. The van der Waals surface area contributed by atoms with Crippen LogP contribution in [0.3, 0.4) is 0 Å². The number of benzene rings is 1. The molecule has 1 aromatic carbocycles. The molecule has 1 aromatic rings. The number of nitrogens with zero attached hydrogens (tertiary/aromatic N) is 1. The van der Waals surface area contributed by atoms with Crippen LogP contribution in [0.5, 0.6) is 5.75 Å². The summed E-state index contributed by atoms with van der Waals surface area (Å²) < 4.78 is 5.55. The van der Waals surface area contributed by atoms with Gasteiger partial charge in [-0.3, -0.25) is 0 Å². The molecule has 2 N–H and O–H groups in total. The van der Waals surface area contributed by atoms with Gasteiger partial charge in [0.2, 0.25) is 0 Å². The fourth-order valence-electron chi connectivity index (χ4n) is 2.20. The predicted molar refractivity (Wildman–Crippen MR) is 78.6 cm³/mol. The largest absolute Gasteiger partial charge is 0.491 e. The van der Waals surface area contributed by atoms with Gasteiger partial charge in [-0.1, -0.05) is 32.0 Å². The first-order valence-corrected chi connectivity index (χ1v) is 7.18. The summed E-state index contributed by atoms with van der Waals surface area (Å²) in [6.07, 6.45) is 0.0107. The molecule has 1 rings (SSSR count). The summed E-state index contributed by atoms with van der Waals surface area (Å²) in [5, 5.41) is 18.7. The van der Waals surface area contributed by atoms with E-state index in [4.69, 9.17) is 10.00 Å². The van der Waals surface area contributed by atoms with Crippen molar-refractivity contribution in [1.29, 1.82) is 5.26 Å². The van der Waals surface area contributed by atoms with E-state index in [1.165, 1.54) is 4.90 Å². The highest BCUT2D eigenvalue weighted by atomic mass is 16.5. The van der Waals surface area contributed by atoms with Gasteiger partial charge in [0.1, 0.15) is 25.0 Å². The number of nitrogens with one attached hydrogen (secondary N) is 1. The van der Waals surface area contributed by atoms with Crippen molar-refractivity contribution in [3.63, 3.8) is 0 Å². The topological polar surface area (TPSA) is 57.7 Å². The number of ether oxygens (including phenoxy) is 1. The number of rotatable bonds is 9. The maximum absolute atomic E-state index is 10.1. The highest BCUT2D eigenvalue weighted by molar-refractivity contribution is 5.20. The Labute approximate surface area is 121 Å². The Hall–Kier alpha value is -1.57. The van der Waals surface area contributed by atoms with Crippen LogP contribution in [0.2, 0.25) is 0 Å². The molecule has 0 aliphatic heterocycles. The summed E-state index contributed by atoms with van der Waals surface area (Å²) in [7, 11) is 0. The molecule has 110 valence electrons. The maximum atomic E-state index is 10.1. The fraction of sp³-hybridized carbons (Fsp3) is 0.562. The molecule has 0 heterocycles. The monoisotopic (exact) mass is 277 g/mol. The van der Waals surface area contributed by atoms with Gasteiger partial charge in [-0.25, -0.2) is 0 Å². The van der Waals surface area contributed by atoms with E-state index in [-0.39, 0.29) is 6.61 Å². The van der Waals surface area contributed by atoms with E-state index in [2.05, 4.69) is 19.9 Å². The molecule has 20 heavy (non-hydrogen) atoms. The Morgan fingerprint density at radius 1 is 1.25 bits per heavy atom. The van der Waals surface area contributed by atoms with Crippen LogP contribution in [-0.2, 0) is 0 Å². The van der Waals surface area contributed by atoms with Gasteiger partial charge in [0.15, 0.2) is 0 Å². The van der Waals surface area contributed by atoms with Crippen molar-refractivity contribution in [3.8, 4) is 11.8 Å². The van der Waals surface area contributed by atoms with Gasteiger partial charge in [0.25, 0.3) is 0 Å². The third kappa shape index (κ3) is 7.13. The highest BCUT2D eigenvalue weighted by Gasteiger charge is 2.16. The van der Waals surface area contributed by atoms with Crippen LogP contribution in [0.25, 0.3) is 0 Å². The van der Waals surface area contributed by atoms with Gasteiger partial charge >= 0.3 is 0 Å². The lowest BCUT2D eigenvalue weighted by Crippen LogP contribution is -3.13. The van der Waals surface area contributed by atoms with E-state index in [0.717, 1.165) is 18.8 Å². The number of aliphatic hydroxyl groups excluding tert-OH is 1. The van der Waals surface area contributed by atoms with Crippen molar-refractivity contribution in [2.24, 2.45) is 5.92 Å². The summed E-state index contributed by atoms with van der Waals surface area (Å²) in [6, 6.07) is 11.7. The first kappa shape index (κ1) is 16.5. The van der Waals surface area contributed by atoms with Gasteiger partial charge in [-0.2, -0.15) is 5.26 Å². The first-order valence-electron chi connectivity index (χ1n) is 7.18. The average molecular weight is 277 g/mol. The van der Waals surface area contributed by atoms with Crippen LogP contribution in [-0.4, -0.2) is 37.5 Å². The summed E-state index contributed by atoms with van der Waals surface area (Å²) in [5.41, 5.74) is 0. The number of para-hydroxylation sites is 1. The smallest absolute Gasteiger partial charge is 0.137 e. The second kappa shape index (κ2) is 9.35. The van der Waals surface area contributed by atoms with E-state index in [9.17, 15) is 5.11 Å². The molecular weight excluding hydrogens is 252 g/mol. The predicted octanol–water partition coefficient (Wildman–Crippen LogP) is 0.881. The lowest BCUT2D eigenvalue weighted by atomic mass is 10.2. The van der Waals surface area contributed by atoms with Crippen LogP contribution in [0.15, 0.2) is 30.3 Å². The highest BCUT2D eigenvalue weighted by Crippen LogP contribution is 2.08. The molecular formula is C16H25N2O2+. The van der Waals surface area contributed by atoms with Crippen LogP contribution in [0.4, 0.5) is 0 Å². The number of quaternary nitrogens is 1. The zero-order chi connectivity index (χ0) is 14.8. The molecule has 4 nitrogen and oxygen atoms in total. The number of hydrogen-bond donors (Lipinski definition) is 2. The fourth-order valence-corrected chi connectivity index (χ4v) is 2.20. The number of nitriles is 1. The molecule has 0 aliphatic carbocycles. The molecule has 0 fully saturated rings. The Morgan fingerprint density at radius 3 is 2.55 bits per heavy atom. The molecule has 4 heteroatoms. The molecule has 0 bridgehead atoms. The quantitative estimate of drug-likeness (QED) is 0.704. The summed E-state index contributed by atoms with van der Waals surface area (Å²) in [4.78, 5) is 1.26. The van der Waals surface area contributed by atoms with Gasteiger partial charge in [0, 0.05) is 5.92 Å². The molecule has 0 amide bonds. The van der Waals surface area contributed by atoms with Gasteiger partial charge in [-0.05, 0) is 12.1 Å². The van der Waals surface area contributed by atoms with Crippen molar-refractivity contribution in [2.75, 3.05) is 26.2 Å². The van der Waals surface area contributed by atoms with E-state index in [1.54, 1.807) is 0 Å². The summed E-state index contributed by atoms with van der Waals surface area (Å²) in [5.74, 6) is 1.32. The van der Waals surface area contributed by atoms with Crippen molar-refractivity contribution in [3.05, 3.63) is 30.3 Å². The van der Waals surface area contributed by atoms with Crippen molar-refractivity contribution < 1.29 is 14.7 Å². The Bertz CT molecular complexity index is 401. The standard InChI is InChI=1S/C16H24N2O2/c1-14(2)11-18(10-6-9-17)12-15(19)13-20-16-7-4-3-5-8-16/h3-5,7-8,14-15,19H,6,10-13H2,1-2H3/p+1/t15-/m1/s1. The van der Waals surface area contributed by atoms with Crippen molar-refractivity contribution >= 4 is 0 Å². The molecule has 2 atom stereocenters. The molecule has 0 aromatic heterocycles. The number of aliphatic hydroxyl groups is 1. The zero-order valence-electron chi connectivity index (χ0n) is 12.4. The molecule has 1 unspecified atom stereocenters. The lowest BCUT2D eigenvalue weighted by Gasteiger charge is -2.23. The van der Waals surface area contributed by atoms with Crippen molar-refractivity contribution in [2.45, 2.75) is 26.4 Å². The van der Waals surface area contributed by atoms with Crippen LogP contribution in [0.1, 0.15) is 20.3 Å². The van der Waals surface area contributed by atoms with Crippen LogP contribution >= 0.6 is 0 Å². The minimum Gasteiger partial charge on any atom is -0.491 e. The SMILES string of the molecule is CC(C)C[NH+](CCC#N)C[C@@H](O)COc1ccccc1. The number of hydrogen-bond acceptors (Lipinski definition) is 3. The lowest BCUT2D eigenvalue weighted by molar-refractivity contribution is -0.905. The van der Waals surface area contributed by atoms with E-state index < -0.39 is 6.10 Å². The molecule has 0 radical (unpaired) electrons. The third-order valence-electron chi connectivity index (χ3n) is 3.00. The van der Waals surface area contributed by atoms with Gasteiger partial charge < -0.3 is 14.7 Å². The minimum atomic E-state index is -0.511. The Morgan fingerprint density at radius 2 is 1.95 bits per heavy atom. The second-order valence-corrected chi connectivity index (χ2v) is 5.49. The summed E-state index contributed by atoms with van der Waals surface area (Å²) >= 11 is 0. The molecule has 0 saturated heterocycles. The van der Waals surface area contributed by atoms with E-state index in [0.29, 0.717) is 18.9 Å². The summed E-state index contributed by atoms with van der Waals surface area (Å²) in [6.45, 7) is 6.95. The maximum Gasteiger partial charge on any atom is 0.137 e. The minimum absolute atomic E-state index is 0.290. The average Bonchev–Trinajstić information content (AvgIpc) is 2.43. The van der Waals surface area contributed by atoms with Crippen LogP contribution < -0.4 is 9.64 Å². The zero-order valence-corrected chi connectivity index (χ0v) is 12.4. The molecule has 0 aliphatic rings. The molecule has 0 spiro atoms. The third-order valence-corrected chi connectivity index (χ3v) is 3.00. The van der Waals surface area contributed by atoms with Crippen LogP contribution in [0, 0.1) is 17.2 Å². The van der Waals surface area contributed by atoms with E-state index in [1.807, 2.05) is 30.3 Å². The Balaban J connectivity index is 2.36. The van der Waals surface area contributed by atoms with E-state index >= 15 is 0 Å². The molecule has 0 saturated carbocycles. The van der Waals surface area contributed by atoms with Gasteiger partial charge in [-0.15, -0.1) is 0 Å².